The summed E-state index contributed by atoms with van der Waals surface area (Å²) in [6.07, 6.45) is 6.78. The average Bonchev–Trinajstić information content (AvgIpc) is 3.14. The zero-order valence-corrected chi connectivity index (χ0v) is 16.7. The normalized spacial score (nSPS) is 18.0. The largest absolute Gasteiger partial charge is 0.497 e. The van der Waals surface area contributed by atoms with E-state index in [-0.39, 0.29) is 11.4 Å². The molecule has 0 radical (unpaired) electrons. The Morgan fingerprint density at radius 2 is 2.14 bits per heavy atom. The van der Waals surface area contributed by atoms with E-state index in [0.29, 0.717) is 6.42 Å². The summed E-state index contributed by atoms with van der Waals surface area (Å²) < 4.78 is 5.43. The lowest BCUT2D eigenvalue weighted by molar-refractivity contribution is -0.132. The predicted octanol–water partition coefficient (Wildman–Crippen LogP) is 2.78. The number of likely N-dealkylation sites (tertiary alicyclic amines) is 1. The molecule has 1 fully saturated rings. The summed E-state index contributed by atoms with van der Waals surface area (Å²) in [6.45, 7) is 2.50. The Bertz CT molecular complexity index is 1040. The number of hydrogen-bond donors (Lipinski definition) is 2. The maximum Gasteiger partial charge on any atom is 0.227 e. The third kappa shape index (κ3) is 3.17. The van der Waals surface area contributed by atoms with Gasteiger partial charge in [0.25, 0.3) is 0 Å². The smallest absolute Gasteiger partial charge is 0.227 e. The fourth-order valence-corrected chi connectivity index (χ4v) is 4.89. The molecule has 0 atom stereocenters. The van der Waals surface area contributed by atoms with Crippen LogP contribution in [0.25, 0.3) is 10.9 Å². The van der Waals surface area contributed by atoms with Crippen molar-refractivity contribution in [1.29, 1.82) is 0 Å². The number of H-pyrrole nitrogens is 1. The molecule has 2 aliphatic rings. The highest BCUT2D eigenvalue weighted by molar-refractivity contribution is 5.87. The monoisotopic (exact) mass is 390 g/mol. The maximum atomic E-state index is 12.8. The lowest BCUT2D eigenvalue weighted by Crippen LogP contribution is -2.55. The Morgan fingerprint density at radius 3 is 2.90 bits per heavy atom. The number of hydrogen-bond acceptors (Lipinski definition) is 4. The lowest BCUT2D eigenvalue weighted by Gasteiger charge is -2.44. The number of rotatable bonds is 3. The van der Waals surface area contributed by atoms with Crippen LogP contribution >= 0.6 is 0 Å². The average molecular weight is 390 g/mol. The fourth-order valence-electron chi connectivity index (χ4n) is 4.89. The zero-order valence-electron chi connectivity index (χ0n) is 16.7. The molecule has 1 aromatic carbocycles. The van der Waals surface area contributed by atoms with Gasteiger partial charge in [-0.25, -0.2) is 0 Å². The van der Waals surface area contributed by atoms with Crippen molar-refractivity contribution < 1.29 is 9.53 Å². The summed E-state index contributed by atoms with van der Waals surface area (Å²) in [5.41, 5.74) is 4.75. The van der Waals surface area contributed by atoms with E-state index in [2.05, 4.69) is 27.4 Å². The first-order valence-corrected chi connectivity index (χ1v) is 10.3. The Kier molecular flexibility index (Phi) is 4.51. The highest BCUT2D eigenvalue weighted by Gasteiger charge is 2.42. The Morgan fingerprint density at radius 1 is 1.28 bits per heavy atom. The molecule has 0 unspecified atom stereocenters. The quantitative estimate of drug-likeness (QED) is 0.722. The molecule has 6 heteroatoms. The Hall–Kier alpha value is -2.86. The molecule has 1 spiro atoms. The number of nitrogens with one attached hydrogen (secondary N) is 2. The van der Waals surface area contributed by atoms with Crippen molar-refractivity contribution in [1.82, 2.24) is 20.2 Å². The van der Waals surface area contributed by atoms with E-state index < -0.39 is 0 Å². The second-order valence-electron chi connectivity index (χ2n) is 8.07. The summed E-state index contributed by atoms with van der Waals surface area (Å²) in [5.74, 6) is 1.08. The van der Waals surface area contributed by atoms with Crippen LogP contribution in [-0.2, 0) is 23.2 Å². The van der Waals surface area contributed by atoms with E-state index in [1.807, 2.05) is 23.1 Å². The number of piperidine rings is 1. The van der Waals surface area contributed by atoms with E-state index in [1.165, 1.54) is 16.6 Å². The number of methoxy groups -OCH3 is 1. The van der Waals surface area contributed by atoms with Gasteiger partial charge in [0.1, 0.15) is 5.75 Å². The molecule has 2 aromatic heterocycles. The molecule has 29 heavy (non-hydrogen) atoms. The number of carbonyl (C=O) groups excluding carboxylic acids is 1. The van der Waals surface area contributed by atoms with Crippen LogP contribution in [0.1, 0.15) is 29.7 Å². The van der Waals surface area contributed by atoms with Crippen molar-refractivity contribution >= 4 is 16.8 Å². The van der Waals surface area contributed by atoms with Crippen LogP contribution in [0.5, 0.6) is 5.75 Å². The Balaban J connectivity index is 1.37. The van der Waals surface area contributed by atoms with Crippen LogP contribution in [0.3, 0.4) is 0 Å². The van der Waals surface area contributed by atoms with Gasteiger partial charge in [0.05, 0.1) is 19.1 Å². The molecule has 4 heterocycles. The predicted molar refractivity (Wildman–Crippen MR) is 112 cm³/mol. The van der Waals surface area contributed by atoms with Gasteiger partial charge in [-0.1, -0.05) is 6.07 Å². The lowest BCUT2D eigenvalue weighted by atomic mass is 9.79. The van der Waals surface area contributed by atoms with Crippen molar-refractivity contribution in [3.8, 4) is 5.75 Å². The van der Waals surface area contributed by atoms with Gasteiger partial charge in [0.15, 0.2) is 0 Å². The number of amides is 1. The van der Waals surface area contributed by atoms with Crippen molar-refractivity contribution in [3.63, 3.8) is 0 Å². The van der Waals surface area contributed by atoms with Crippen LogP contribution in [0.15, 0.2) is 42.7 Å². The molecule has 1 amide bonds. The first kappa shape index (κ1) is 18.2. The van der Waals surface area contributed by atoms with Crippen LogP contribution in [0, 0.1) is 0 Å². The first-order valence-electron chi connectivity index (χ1n) is 10.3. The van der Waals surface area contributed by atoms with Gasteiger partial charge in [-0.2, -0.15) is 0 Å². The van der Waals surface area contributed by atoms with E-state index in [4.69, 9.17) is 4.74 Å². The molecule has 3 aromatic rings. The number of fused-ring (bicyclic) bond motifs is 4. The third-order valence-electron chi connectivity index (χ3n) is 6.48. The molecule has 1 saturated heterocycles. The van der Waals surface area contributed by atoms with Gasteiger partial charge in [0, 0.05) is 48.6 Å². The number of pyridine rings is 1. The minimum Gasteiger partial charge on any atom is -0.497 e. The molecule has 2 aliphatic heterocycles. The molecule has 6 nitrogen and oxygen atoms in total. The molecule has 0 saturated carbocycles. The van der Waals surface area contributed by atoms with Crippen molar-refractivity contribution in [2.75, 3.05) is 26.7 Å². The van der Waals surface area contributed by atoms with Crippen molar-refractivity contribution in [3.05, 3.63) is 59.5 Å². The van der Waals surface area contributed by atoms with Crippen LogP contribution < -0.4 is 10.1 Å². The van der Waals surface area contributed by atoms with Gasteiger partial charge in [-0.15, -0.1) is 0 Å². The van der Waals surface area contributed by atoms with Gasteiger partial charge in [-0.3, -0.25) is 9.78 Å². The van der Waals surface area contributed by atoms with E-state index >= 15 is 0 Å². The SMILES string of the molecule is COc1ccc2[nH]c3c(c2c1)CCNC31CCN(C(=O)Cc2cccnc2)CC1. The molecule has 5 rings (SSSR count). The minimum absolute atomic E-state index is 0.0785. The van der Waals surface area contributed by atoms with Gasteiger partial charge >= 0.3 is 0 Å². The number of carbonyl (C=O) groups is 1. The maximum absolute atomic E-state index is 12.8. The summed E-state index contributed by atoms with van der Waals surface area (Å²) in [5, 5.41) is 5.04. The molecular formula is C23H26N4O2. The van der Waals surface area contributed by atoms with Gasteiger partial charge in [0.2, 0.25) is 5.91 Å². The number of ether oxygens (including phenoxy) is 1. The van der Waals surface area contributed by atoms with Crippen LogP contribution in [0.4, 0.5) is 0 Å². The molecule has 150 valence electrons. The number of benzene rings is 1. The topological polar surface area (TPSA) is 70.2 Å². The van der Waals surface area contributed by atoms with Gasteiger partial charge < -0.3 is 19.9 Å². The summed E-state index contributed by atoms with van der Waals surface area (Å²) >= 11 is 0. The van der Waals surface area contributed by atoms with Crippen LogP contribution in [0.2, 0.25) is 0 Å². The Labute approximate surface area is 170 Å². The van der Waals surface area contributed by atoms with Gasteiger partial charge in [-0.05, 0) is 54.7 Å². The number of aromatic amines is 1. The fraction of sp³-hybridized carbons (Fsp3) is 0.391. The number of aromatic nitrogens is 2. The molecule has 0 bridgehead atoms. The van der Waals surface area contributed by atoms with Crippen molar-refractivity contribution in [2.24, 2.45) is 0 Å². The van der Waals surface area contributed by atoms with E-state index in [0.717, 1.165) is 55.7 Å². The van der Waals surface area contributed by atoms with Crippen molar-refractivity contribution in [2.45, 2.75) is 31.2 Å². The second kappa shape index (κ2) is 7.19. The molecule has 0 aliphatic carbocycles. The number of nitrogens with zero attached hydrogens (tertiary/aromatic N) is 2. The third-order valence-corrected chi connectivity index (χ3v) is 6.48. The molecule has 2 N–H and O–H groups in total. The summed E-state index contributed by atoms with van der Waals surface area (Å²) in [7, 11) is 1.71. The highest BCUT2D eigenvalue weighted by atomic mass is 16.5. The summed E-state index contributed by atoms with van der Waals surface area (Å²) in [4.78, 5) is 22.5. The zero-order chi connectivity index (χ0) is 19.8. The standard InChI is InChI=1S/C23H26N4O2/c1-29-17-4-5-20-19(14-17)18-6-10-25-23(22(18)26-20)7-11-27(12-8-23)21(28)13-16-3-2-9-24-15-16/h2-5,9,14-15,25-26H,6-8,10-13H2,1H3. The molecular weight excluding hydrogens is 364 g/mol. The van der Waals surface area contributed by atoms with E-state index in [1.54, 1.807) is 19.5 Å². The first-order chi connectivity index (χ1) is 14.2. The summed E-state index contributed by atoms with van der Waals surface area (Å²) in [6, 6.07) is 10.1. The van der Waals surface area contributed by atoms with E-state index in [9.17, 15) is 4.79 Å². The second-order valence-corrected chi connectivity index (χ2v) is 8.07. The minimum atomic E-state index is -0.0785. The highest BCUT2D eigenvalue weighted by Crippen LogP contribution is 2.40. The van der Waals surface area contributed by atoms with Crippen LogP contribution in [-0.4, -0.2) is 47.5 Å².